The summed E-state index contributed by atoms with van der Waals surface area (Å²) in [4.78, 5) is 13.6. The Kier molecular flexibility index (Phi) is 5.29. The molecular formula is C20H24FN5O2. The van der Waals surface area contributed by atoms with Crippen molar-refractivity contribution in [2.45, 2.75) is 32.4 Å². The van der Waals surface area contributed by atoms with Crippen LogP contribution in [0.5, 0.6) is 0 Å². The van der Waals surface area contributed by atoms with Gasteiger partial charge in [0, 0.05) is 36.5 Å². The topological polar surface area (TPSA) is 73.5 Å². The molecule has 0 atom stereocenters. The molecule has 1 amide bonds. The Morgan fingerprint density at radius 2 is 2.21 bits per heavy atom. The average Bonchev–Trinajstić information content (AvgIpc) is 3.12. The number of amides is 1. The smallest absolute Gasteiger partial charge is 0.409 e. The summed E-state index contributed by atoms with van der Waals surface area (Å²) in [5, 5.41) is 9.48. The Balaban J connectivity index is 1.36. The van der Waals surface area contributed by atoms with Crippen molar-refractivity contribution in [3.8, 4) is 11.3 Å². The molecule has 28 heavy (non-hydrogen) atoms. The number of aromatic amines is 1. The van der Waals surface area contributed by atoms with Crippen molar-refractivity contribution in [2.75, 3.05) is 19.7 Å². The van der Waals surface area contributed by atoms with E-state index in [0.29, 0.717) is 32.3 Å². The molecule has 2 N–H and O–H groups in total. The van der Waals surface area contributed by atoms with Crippen LogP contribution in [0.1, 0.15) is 31.0 Å². The van der Waals surface area contributed by atoms with Gasteiger partial charge in [-0.25, -0.2) is 14.6 Å². The predicted molar refractivity (Wildman–Crippen MR) is 103 cm³/mol. The van der Waals surface area contributed by atoms with Gasteiger partial charge >= 0.3 is 6.09 Å². The van der Waals surface area contributed by atoms with E-state index >= 15 is 0 Å². The fraction of sp³-hybridized carbons (Fsp3) is 0.400. The predicted octanol–water partition coefficient (Wildman–Crippen LogP) is 3.13. The van der Waals surface area contributed by atoms with E-state index in [0.717, 1.165) is 35.4 Å². The number of carbonyl (C=O) groups is 1. The average molecular weight is 385 g/mol. The van der Waals surface area contributed by atoms with Crippen LogP contribution in [0.25, 0.3) is 17.3 Å². The molecule has 0 aliphatic carbocycles. The van der Waals surface area contributed by atoms with Gasteiger partial charge in [0.2, 0.25) is 0 Å². The van der Waals surface area contributed by atoms with Gasteiger partial charge in [0.05, 0.1) is 24.5 Å². The normalized spacial score (nSPS) is 16.9. The van der Waals surface area contributed by atoms with Crippen LogP contribution in [0.3, 0.4) is 0 Å². The van der Waals surface area contributed by atoms with E-state index in [1.165, 1.54) is 12.1 Å². The van der Waals surface area contributed by atoms with Crippen molar-refractivity contribution >= 4 is 12.2 Å². The zero-order chi connectivity index (χ0) is 19.5. The van der Waals surface area contributed by atoms with Crippen LogP contribution in [0, 0.1) is 5.82 Å². The SMILES string of the molecule is CCOC(=O)N1CCC(NN2C=Cc3c(-c4cccc(F)c4)n[nH]c3C2)CC1. The fourth-order valence-corrected chi connectivity index (χ4v) is 3.66. The minimum atomic E-state index is -0.272. The molecule has 2 aromatic rings. The number of nitrogens with one attached hydrogen (secondary N) is 2. The number of fused-ring (bicyclic) bond motifs is 1. The van der Waals surface area contributed by atoms with Gasteiger partial charge in [0.25, 0.3) is 0 Å². The van der Waals surface area contributed by atoms with Gasteiger partial charge in [0.1, 0.15) is 5.82 Å². The molecule has 1 fully saturated rings. The lowest BCUT2D eigenvalue weighted by Crippen LogP contribution is -2.49. The van der Waals surface area contributed by atoms with Gasteiger partial charge in [-0.2, -0.15) is 5.10 Å². The molecule has 0 unspecified atom stereocenters. The lowest BCUT2D eigenvalue weighted by molar-refractivity contribution is 0.0866. The summed E-state index contributed by atoms with van der Waals surface area (Å²) in [6.07, 6.45) is 5.48. The van der Waals surface area contributed by atoms with Gasteiger partial charge < -0.3 is 14.6 Å². The number of carbonyl (C=O) groups excluding carboxylic acids is 1. The molecule has 2 aliphatic heterocycles. The molecule has 7 nitrogen and oxygen atoms in total. The third kappa shape index (κ3) is 3.87. The van der Waals surface area contributed by atoms with Gasteiger partial charge in [-0.3, -0.25) is 5.10 Å². The van der Waals surface area contributed by atoms with E-state index in [9.17, 15) is 9.18 Å². The number of piperidine rings is 1. The second-order valence-electron chi connectivity index (χ2n) is 7.01. The highest BCUT2D eigenvalue weighted by atomic mass is 19.1. The maximum Gasteiger partial charge on any atom is 0.409 e. The van der Waals surface area contributed by atoms with E-state index < -0.39 is 0 Å². The van der Waals surface area contributed by atoms with E-state index in [-0.39, 0.29) is 11.9 Å². The summed E-state index contributed by atoms with van der Waals surface area (Å²) in [5.74, 6) is -0.272. The van der Waals surface area contributed by atoms with Crippen molar-refractivity contribution in [1.29, 1.82) is 0 Å². The number of nitrogens with zero attached hydrogens (tertiary/aromatic N) is 3. The molecule has 0 spiro atoms. The van der Waals surface area contributed by atoms with Crippen molar-refractivity contribution in [1.82, 2.24) is 25.5 Å². The number of aromatic nitrogens is 2. The summed E-state index contributed by atoms with van der Waals surface area (Å²) in [6.45, 7) is 4.24. The van der Waals surface area contributed by atoms with Crippen LogP contribution >= 0.6 is 0 Å². The molecule has 0 saturated carbocycles. The first-order valence-electron chi connectivity index (χ1n) is 9.60. The van der Waals surface area contributed by atoms with Gasteiger partial charge in [-0.15, -0.1) is 0 Å². The number of H-pyrrole nitrogens is 1. The largest absolute Gasteiger partial charge is 0.450 e. The van der Waals surface area contributed by atoms with E-state index in [4.69, 9.17) is 4.74 Å². The van der Waals surface area contributed by atoms with Crippen molar-refractivity contribution in [3.63, 3.8) is 0 Å². The molecule has 1 saturated heterocycles. The van der Waals surface area contributed by atoms with Crippen LogP contribution in [-0.4, -0.2) is 51.9 Å². The molecule has 0 bridgehead atoms. The highest BCUT2D eigenvalue weighted by molar-refractivity contribution is 5.74. The van der Waals surface area contributed by atoms with Crippen LogP contribution in [0.15, 0.2) is 30.5 Å². The number of hydrazine groups is 1. The number of halogens is 1. The minimum Gasteiger partial charge on any atom is -0.450 e. The molecule has 1 aromatic heterocycles. The first-order valence-corrected chi connectivity index (χ1v) is 9.60. The lowest BCUT2D eigenvalue weighted by Gasteiger charge is -2.35. The number of ether oxygens (including phenoxy) is 1. The second-order valence-corrected chi connectivity index (χ2v) is 7.01. The van der Waals surface area contributed by atoms with Crippen LogP contribution < -0.4 is 5.43 Å². The van der Waals surface area contributed by atoms with Crippen LogP contribution in [0.2, 0.25) is 0 Å². The molecule has 148 valence electrons. The van der Waals surface area contributed by atoms with Gasteiger partial charge in [-0.05, 0) is 38.0 Å². The third-order valence-corrected chi connectivity index (χ3v) is 5.10. The van der Waals surface area contributed by atoms with Crippen LogP contribution in [-0.2, 0) is 11.3 Å². The molecular weight excluding hydrogens is 361 g/mol. The summed E-state index contributed by atoms with van der Waals surface area (Å²) >= 11 is 0. The first kappa shape index (κ1) is 18.5. The Hall–Kier alpha value is -2.87. The van der Waals surface area contributed by atoms with Crippen molar-refractivity contribution in [3.05, 3.63) is 47.5 Å². The van der Waals surface area contributed by atoms with E-state index in [2.05, 4.69) is 15.6 Å². The van der Waals surface area contributed by atoms with Gasteiger partial charge in [-0.1, -0.05) is 12.1 Å². The quantitative estimate of drug-likeness (QED) is 0.846. The molecule has 1 aromatic carbocycles. The number of benzene rings is 1. The number of hydrogen-bond acceptors (Lipinski definition) is 5. The second kappa shape index (κ2) is 8.02. The Bertz CT molecular complexity index is 873. The highest BCUT2D eigenvalue weighted by Gasteiger charge is 2.25. The number of likely N-dealkylation sites (tertiary alicyclic amines) is 1. The van der Waals surface area contributed by atoms with Gasteiger partial charge in [0.15, 0.2) is 0 Å². The van der Waals surface area contributed by atoms with Crippen LogP contribution in [0.4, 0.5) is 9.18 Å². The summed E-state index contributed by atoms with van der Waals surface area (Å²) < 4.78 is 18.6. The lowest BCUT2D eigenvalue weighted by atomic mass is 10.0. The summed E-state index contributed by atoms with van der Waals surface area (Å²) in [6, 6.07) is 6.76. The Morgan fingerprint density at radius 3 is 2.96 bits per heavy atom. The van der Waals surface area contributed by atoms with E-state index in [1.807, 2.05) is 30.3 Å². The Morgan fingerprint density at radius 1 is 1.39 bits per heavy atom. The highest BCUT2D eigenvalue weighted by Crippen LogP contribution is 2.28. The number of hydrogen-bond donors (Lipinski definition) is 2. The Labute approximate surface area is 163 Å². The maximum atomic E-state index is 13.5. The molecule has 0 radical (unpaired) electrons. The summed E-state index contributed by atoms with van der Waals surface area (Å²) in [5.41, 5.74) is 7.00. The minimum absolute atomic E-state index is 0.231. The summed E-state index contributed by atoms with van der Waals surface area (Å²) in [7, 11) is 0. The van der Waals surface area contributed by atoms with Crippen molar-refractivity contribution < 1.29 is 13.9 Å². The zero-order valence-corrected chi connectivity index (χ0v) is 15.8. The molecule has 3 heterocycles. The molecule has 2 aliphatic rings. The first-order chi connectivity index (χ1) is 13.6. The third-order valence-electron chi connectivity index (χ3n) is 5.10. The molecule has 8 heteroatoms. The number of rotatable bonds is 4. The zero-order valence-electron chi connectivity index (χ0n) is 15.8. The fourth-order valence-electron chi connectivity index (χ4n) is 3.66. The maximum absolute atomic E-state index is 13.5. The monoisotopic (exact) mass is 385 g/mol. The molecule has 4 rings (SSSR count). The standard InChI is InChI=1S/C20H24FN5O2/c1-2-28-20(27)25-9-6-16(7-10-25)24-26-11-8-17-18(13-26)22-23-19(17)14-4-3-5-15(21)12-14/h3-5,8,11-12,16,24H,2,6-7,9-10,13H2,1H3,(H,22,23). The van der Waals surface area contributed by atoms with Crippen molar-refractivity contribution in [2.24, 2.45) is 0 Å². The van der Waals surface area contributed by atoms with E-state index in [1.54, 1.807) is 11.0 Å².